The molecule has 0 aliphatic carbocycles. The van der Waals surface area contributed by atoms with Crippen molar-refractivity contribution in [1.82, 2.24) is 0 Å². The molecule has 0 saturated carbocycles. The van der Waals surface area contributed by atoms with Gasteiger partial charge in [0.15, 0.2) is 0 Å². The first kappa shape index (κ1) is 8.75. The van der Waals surface area contributed by atoms with Crippen molar-refractivity contribution >= 4 is 11.6 Å². The molecule has 0 amide bonds. The molecule has 70 valence electrons. The number of rotatable bonds is 3. The van der Waals surface area contributed by atoms with Gasteiger partial charge in [0.1, 0.15) is 0 Å². The molecule has 0 aromatic rings. The molecule has 12 heavy (non-hydrogen) atoms. The lowest BCUT2D eigenvalue weighted by Crippen LogP contribution is -2.53. The summed E-state index contributed by atoms with van der Waals surface area (Å²) in [5, 5.41) is 0. The summed E-state index contributed by atoms with van der Waals surface area (Å²) < 4.78 is 16.4. The van der Waals surface area contributed by atoms with Crippen LogP contribution in [0.4, 0.5) is 0 Å². The fourth-order valence-corrected chi connectivity index (χ4v) is 1.64. The van der Waals surface area contributed by atoms with Gasteiger partial charge in [0.2, 0.25) is 0 Å². The third-order valence-electron chi connectivity index (χ3n) is 2.23. The molecule has 3 nitrogen and oxygen atoms in total. The Morgan fingerprint density at radius 1 is 1.17 bits per heavy atom. The van der Waals surface area contributed by atoms with E-state index in [4.69, 9.17) is 25.8 Å². The van der Waals surface area contributed by atoms with E-state index in [1.165, 1.54) is 0 Å². The first-order valence-electron chi connectivity index (χ1n) is 4.32. The third-order valence-corrected chi connectivity index (χ3v) is 2.50. The van der Waals surface area contributed by atoms with Crippen LogP contribution in [-0.2, 0) is 14.2 Å². The molecular weight excluding hydrogens is 180 g/mol. The van der Waals surface area contributed by atoms with Crippen molar-refractivity contribution < 1.29 is 14.2 Å². The van der Waals surface area contributed by atoms with Gasteiger partial charge >= 0.3 is 0 Å². The fraction of sp³-hybridized carbons (Fsp3) is 1.00. The van der Waals surface area contributed by atoms with E-state index in [9.17, 15) is 0 Å². The van der Waals surface area contributed by atoms with E-state index >= 15 is 0 Å². The maximum atomic E-state index is 5.59. The Kier molecular flexibility index (Phi) is 2.55. The zero-order chi connectivity index (χ0) is 8.44. The van der Waals surface area contributed by atoms with Crippen molar-refractivity contribution in [2.45, 2.75) is 18.8 Å². The van der Waals surface area contributed by atoms with Crippen LogP contribution in [0.2, 0.25) is 0 Å². The molecule has 0 aromatic carbocycles. The average Bonchev–Trinajstić information content (AvgIpc) is 2.18. The first-order chi connectivity index (χ1) is 5.85. The first-order valence-corrected chi connectivity index (χ1v) is 4.86. The molecule has 4 heteroatoms. The van der Waals surface area contributed by atoms with Crippen LogP contribution < -0.4 is 0 Å². The van der Waals surface area contributed by atoms with Gasteiger partial charge in [-0.1, -0.05) is 0 Å². The highest BCUT2D eigenvalue weighted by atomic mass is 35.5. The van der Waals surface area contributed by atoms with Crippen LogP contribution in [0.1, 0.15) is 12.8 Å². The van der Waals surface area contributed by atoms with Crippen molar-refractivity contribution in [3.8, 4) is 0 Å². The van der Waals surface area contributed by atoms with Crippen molar-refractivity contribution in [1.29, 1.82) is 0 Å². The monoisotopic (exact) mass is 192 g/mol. The Balaban J connectivity index is 1.90. The van der Waals surface area contributed by atoms with E-state index in [0.717, 1.165) is 32.7 Å². The van der Waals surface area contributed by atoms with Crippen LogP contribution >= 0.6 is 11.6 Å². The predicted octanol–water partition coefficient (Wildman–Crippen LogP) is 1.35. The molecule has 0 aromatic heterocycles. The molecule has 0 spiro atoms. The van der Waals surface area contributed by atoms with Gasteiger partial charge in [-0.3, -0.25) is 0 Å². The molecule has 0 atom stereocenters. The van der Waals surface area contributed by atoms with Gasteiger partial charge in [0.05, 0.1) is 19.8 Å². The topological polar surface area (TPSA) is 27.7 Å². The highest BCUT2D eigenvalue weighted by Gasteiger charge is 2.43. The smallest absolute Gasteiger partial charge is 0.282 e. The number of fused-ring (bicyclic) bond motifs is 3. The Morgan fingerprint density at radius 3 is 2.25 bits per heavy atom. The molecule has 0 radical (unpaired) electrons. The van der Waals surface area contributed by atoms with Gasteiger partial charge in [-0.15, -0.1) is 11.6 Å². The number of halogens is 1. The Bertz CT molecular complexity index is 141. The maximum Gasteiger partial charge on any atom is 0.282 e. The summed E-state index contributed by atoms with van der Waals surface area (Å²) in [4.78, 5) is 0. The average molecular weight is 193 g/mol. The Morgan fingerprint density at radius 2 is 1.75 bits per heavy atom. The van der Waals surface area contributed by atoms with Gasteiger partial charge in [0, 0.05) is 18.2 Å². The summed E-state index contributed by atoms with van der Waals surface area (Å²) >= 11 is 5.59. The lowest BCUT2D eigenvalue weighted by atomic mass is 10.1. The second kappa shape index (κ2) is 3.50. The van der Waals surface area contributed by atoms with E-state index in [-0.39, 0.29) is 0 Å². The van der Waals surface area contributed by atoms with Crippen molar-refractivity contribution in [2.24, 2.45) is 5.92 Å². The van der Waals surface area contributed by atoms with Crippen molar-refractivity contribution in [3.05, 3.63) is 0 Å². The van der Waals surface area contributed by atoms with E-state index in [0.29, 0.717) is 11.8 Å². The number of hydrogen-bond acceptors (Lipinski definition) is 3. The molecule has 2 bridgehead atoms. The SMILES string of the molecule is ClCCCC12OCC(CO1)CO2. The standard InChI is InChI=1S/C8H13ClO3/c9-3-1-2-8-10-4-7(5-11-8)6-12-8/h7H,1-6H2. The Hall–Kier alpha value is 0.170. The highest BCUT2D eigenvalue weighted by Crippen LogP contribution is 2.33. The van der Waals surface area contributed by atoms with Gasteiger partial charge < -0.3 is 14.2 Å². The van der Waals surface area contributed by atoms with E-state index < -0.39 is 5.97 Å². The summed E-state index contributed by atoms with van der Waals surface area (Å²) in [5.41, 5.74) is 0. The highest BCUT2D eigenvalue weighted by molar-refractivity contribution is 6.17. The molecule has 3 fully saturated rings. The second-order valence-corrected chi connectivity index (χ2v) is 3.65. The number of hydrogen-bond donors (Lipinski definition) is 0. The minimum absolute atomic E-state index is 0.433. The molecule has 3 aliphatic heterocycles. The summed E-state index contributed by atoms with van der Waals surface area (Å²) in [5.74, 6) is 0.313. The second-order valence-electron chi connectivity index (χ2n) is 3.27. The summed E-state index contributed by atoms with van der Waals surface area (Å²) in [6, 6.07) is 0. The zero-order valence-corrected chi connectivity index (χ0v) is 7.68. The largest absolute Gasteiger partial charge is 0.327 e. The van der Waals surface area contributed by atoms with Gasteiger partial charge in [-0.25, -0.2) is 0 Å². The molecule has 3 heterocycles. The van der Waals surface area contributed by atoms with E-state index in [1.807, 2.05) is 0 Å². The van der Waals surface area contributed by atoms with Crippen LogP contribution in [-0.4, -0.2) is 31.7 Å². The van der Waals surface area contributed by atoms with Crippen LogP contribution in [0.25, 0.3) is 0 Å². The summed E-state index contributed by atoms with van der Waals surface area (Å²) in [7, 11) is 0. The van der Waals surface area contributed by atoms with E-state index in [2.05, 4.69) is 0 Å². The van der Waals surface area contributed by atoms with Crippen LogP contribution in [0.3, 0.4) is 0 Å². The maximum absolute atomic E-state index is 5.59. The molecule has 3 rings (SSSR count). The van der Waals surface area contributed by atoms with Crippen molar-refractivity contribution in [3.63, 3.8) is 0 Å². The normalized spacial score (nSPS) is 40.2. The molecule has 3 saturated heterocycles. The molecule has 0 unspecified atom stereocenters. The number of ether oxygens (including phenoxy) is 3. The zero-order valence-electron chi connectivity index (χ0n) is 6.92. The molecule has 0 N–H and O–H groups in total. The minimum Gasteiger partial charge on any atom is -0.327 e. The van der Waals surface area contributed by atoms with Crippen LogP contribution in [0, 0.1) is 5.92 Å². The third kappa shape index (κ3) is 1.59. The van der Waals surface area contributed by atoms with E-state index in [1.54, 1.807) is 0 Å². The molecular formula is C8H13ClO3. The van der Waals surface area contributed by atoms with Crippen molar-refractivity contribution in [2.75, 3.05) is 25.7 Å². The van der Waals surface area contributed by atoms with Gasteiger partial charge in [0.25, 0.3) is 5.97 Å². The minimum atomic E-state index is -0.746. The fourth-order valence-electron chi connectivity index (χ4n) is 1.50. The van der Waals surface area contributed by atoms with Crippen LogP contribution in [0.15, 0.2) is 0 Å². The molecule has 3 aliphatic rings. The summed E-state index contributed by atoms with van der Waals surface area (Å²) in [6.07, 6.45) is 1.61. The lowest BCUT2D eigenvalue weighted by molar-refractivity contribution is -0.450. The number of alkyl halides is 1. The van der Waals surface area contributed by atoms with Gasteiger partial charge in [-0.05, 0) is 6.42 Å². The predicted molar refractivity (Wildman–Crippen MR) is 44.0 cm³/mol. The quantitative estimate of drug-likeness (QED) is 0.632. The van der Waals surface area contributed by atoms with Gasteiger partial charge in [-0.2, -0.15) is 0 Å². The van der Waals surface area contributed by atoms with Crippen LogP contribution in [0.5, 0.6) is 0 Å². The Labute approximate surface area is 76.9 Å². The summed E-state index contributed by atoms with van der Waals surface area (Å²) in [6.45, 7) is 2.30. The lowest BCUT2D eigenvalue weighted by Gasteiger charge is -2.45.